The molecule has 3 rings (SSSR count). The molecule has 0 aromatic carbocycles. The maximum atomic E-state index is 11.2. The van der Waals surface area contributed by atoms with Crippen molar-refractivity contribution in [2.75, 3.05) is 18.0 Å². The largest absolute Gasteiger partial charge is 0.478 e. The van der Waals surface area contributed by atoms with Gasteiger partial charge in [0.05, 0.1) is 5.56 Å². The van der Waals surface area contributed by atoms with Crippen LogP contribution in [0.1, 0.15) is 36.0 Å². The number of piperidine rings is 1. The van der Waals surface area contributed by atoms with Crippen molar-refractivity contribution < 1.29 is 14.7 Å². The molecule has 2 aliphatic rings. The van der Waals surface area contributed by atoms with Crippen molar-refractivity contribution in [3.8, 4) is 0 Å². The summed E-state index contributed by atoms with van der Waals surface area (Å²) in [5.74, 6) is 0.189. The summed E-state index contributed by atoms with van der Waals surface area (Å²) in [6.45, 7) is 1.75. The van der Waals surface area contributed by atoms with Gasteiger partial charge in [0, 0.05) is 36.6 Å². The number of rotatable bonds is 2. The summed E-state index contributed by atoms with van der Waals surface area (Å²) >= 11 is 3.28. The third kappa shape index (κ3) is 2.32. The number of anilines is 1. The van der Waals surface area contributed by atoms with Crippen molar-refractivity contribution in [1.29, 1.82) is 0 Å². The highest BCUT2D eigenvalue weighted by Crippen LogP contribution is 2.47. The maximum absolute atomic E-state index is 11.2. The second-order valence-electron chi connectivity index (χ2n) is 5.71. The fraction of sp³-hybridized carbons (Fsp3) is 0.500. The van der Waals surface area contributed by atoms with Crippen molar-refractivity contribution in [3.63, 3.8) is 0 Å². The fourth-order valence-corrected chi connectivity index (χ4v) is 3.58. The maximum Gasteiger partial charge on any atom is 0.338 e. The number of nitrogens with zero attached hydrogens (tertiary/aromatic N) is 2. The molecule has 20 heavy (non-hydrogen) atoms. The summed E-state index contributed by atoms with van der Waals surface area (Å²) in [5, 5.41) is 8.98. The molecular weight excluding hydrogens is 324 g/mol. The van der Waals surface area contributed by atoms with Crippen molar-refractivity contribution in [1.82, 2.24) is 4.98 Å². The molecule has 1 N–H and O–H groups in total. The Hall–Kier alpha value is -1.43. The van der Waals surface area contributed by atoms with E-state index in [1.54, 1.807) is 6.07 Å². The first kappa shape index (κ1) is 13.5. The van der Waals surface area contributed by atoms with Gasteiger partial charge in [0.15, 0.2) is 0 Å². The van der Waals surface area contributed by atoms with Gasteiger partial charge in [-0.05, 0) is 40.3 Å². The molecule has 2 fully saturated rings. The van der Waals surface area contributed by atoms with E-state index in [4.69, 9.17) is 5.11 Å². The second kappa shape index (κ2) is 4.84. The van der Waals surface area contributed by atoms with Gasteiger partial charge in [-0.2, -0.15) is 0 Å². The number of ketones is 1. The SMILES string of the molecule is O=C1CC2(CCN(c3cc(Br)c(C(=O)O)cn3)CC2)C1. The number of pyridine rings is 1. The average Bonchev–Trinajstić information content (AvgIpc) is 2.37. The summed E-state index contributed by atoms with van der Waals surface area (Å²) in [6, 6.07) is 1.76. The van der Waals surface area contributed by atoms with Gasteiger partial charge in [0.25, 0.3) is 0 Å². The lowest BCUT2D eigenvalue weighted by Crippen LogP contribution is -2.47. The van der Waals surface area contributed by atoms with Gasteiger partial charge in [0.2, 0.25) is 0 Å². The van der Waals surface area contributed by atoms with Crippen molar-refractivity contribution >= 4 is 33.5 Å². The molecule has 1 aromatic rings. The van der Waals surface area contributed by atoms with E-state index >= 15 is 0 Å². The summed E-state index contributed by atoms with van der Waals surface area (Å²) in [5.41, 5.74) is 0.415. The first-order valence-corrected chi connectivity index (χ1v) is 7.44. The van der Waals surface area contributed by atoms with Gasteiger partial charge in [-0.25, -0.2) is 9.78 Å². The zero-order valence-electron chi connectivity index (χ0n) is 10.9. The highest BCUT2D eigenvalue weighted by atomic mass is 79.9. The predicted octanol–water partition coefficient (Wildman–Crippen LogP) is 2.49. The van der Waals surface area contributed by atoms with Crippen LogP contribution >= 0.6 is 15.9 Å². The smallest absolute Gasteiger partial charge is 0.338 e. The van der Waals surface area contributed by atoms with Crippen molar-refractivity contribution in [3.05, 3.63) is 22.3 Å². The number of aromatic nitrogens is 1. The number of carboxylic acid groups (broad SMARTS) is 1. The van der Waals surface area contributed by atoms with E-state index in [0.29, 0.717) is 10.3 Å². The lowest BCUT2D eigenvalue weighted by Gasteiger charge is -2.47. The number of carbonyl (C=O) groups is 2. The fourth-order valence-electron chi connectivity index (χ4n) is 3.10. The molecule has 1 aliphatic heterocycles. The van der Waals surface area contributed by atoms with Crippen LogP contribution in [-0.2, 0) is 4.79 Å². The van der Waals surface area contributed by atoms with Gasteiger partial charge in [-0.3, -0.25) is 4.79 Å². The van der Waals surface area contributed by atoms with Crippen LogP contribution in [0.2, 0.25) is 0 Å². The van der Waals surface area contributed by atoms with E-state index in [1.807, 2.05) is 0 Å². The van der Waals surface area contributed by atoms with Gasteiger partial charge in [-0.1, -0.05) is 0 Å². The molecule has 1 spiro atoms. The van der Waals surface area contributed by atoms with Gasteiger partial charge in [0.1, 0.15) is 11.6 Å². The number of aromatic carboxylic acids is 1. The van der Waals surface area contributed by atoms with Crippen LogP contribution in [0.15, 0.2) is 16.7 Å². The zero-order valence-corrected chi connectivity index (χ0v) is 12.5. The van der Waals surface area contributed by atoms with Gasteiger partial charge < -0.3 is 10.0 Å². The molecule has 0 bridgehead atoms. The van der Waals surface area contributed by atoms with Crippen LogP contribution in [0, 0.1) is 5.41 Å². The Morgan fingerprint density at radius 3 is 2.50 bits per heavy atom. The van der Waals surface area contributed by atoms with Gasteiger partial charge in [-0.15, -0.1) is 0 Å². The number of hydrogen-bond acceptors (Lipinski definition) is 4. The third-order valence-electron chi connectivity index (χ3n) is 4.36. The Labute approximate surface area is 125 Å². The number of Topliss-reactive ketones (excluding diaryl/α,β-unsaturated/α-hetero) is 1. The van der Waals surface area contributed by atoms with Crippen LogP contribution in [0.5, 0.6) is 0 Å². The predicted molar refractivity (Wildman–Crippen MR) is 77.0 cm³/mol. The Balaban J connectivity index is 1.70. The summed E-state index contributed by atoms with van der Waals surface area (Å²) in [6.07, 6.45) is 4.88. The molecule has 0 atom stereocenters. The molecule has 0 unspecified atom stereocenters. The summed E-state index contributed by atoms with van der Waals surface area (Å²) in [7, 11) is 0. The minimum atomic E-state index is -0.985. The monoisotopic (exact) mass is 338 g/mol. The Morgan fingerprint density at radius 1 is 1.35 bits per heavy atom. The van der Waals surface area contributed by atoms with E-state index in [1.165, 1.54) is 6.20 Å². The molecule has 0 amide bonds. The van der Waals surface area contributed by atoms with E-state index < -0.39 is 5.97 Å². The summed E-state index contributed by atoms with van der Waals surface area (Å²) in [4.78, 5) is 28.5. The second-order valence-corrected chi connectivity index (χ2v) is 6.56. The number of carbonyl (C=O) groups excluding carboxylic acids is 1. The first-order valence-electron chi connectivity index (χ1n) is 6.65. The highest BCUT2D eigenvalue weighted by Gasteiger charge is 2.45. The zero-order chi connectivity index (χ0) is 14.3. The Bertz CT molecular complexity index is 570. The molecule has 6 heteroatoms. The molecule has 0 radical (unpaired) electrons. The number of halogens is 1. The number of carboxylic acids is 1. The first-order chi connectivity index (χ1) is 9.49. The summed E-state index contributed by atoms with van der Waals surface area (Å²) < 4.78 is 0.550. The lowest BCUT2D eigenvalue weighted by atomic mass is 9.62. The lowest BCUT2D eigenvalue weighted by molar-refractivity contribution is -0.133. The minimum Gasteiger partial charge on any atom is -0.478 e. The van der Waals surface area contributed by atoms with E-state index in [-0.39, 0.29) is 11.0 Å². The van der Waals surface area contributed by atoms with Crippen LogP contribution in [0.3, 0.4) is 0 Å². The molecule has 106 valence electrons. The third-order valence-corrected chi connectivity index (χ3v) is 5.02. The van der Waals surface area contributed by atoms with E-state index in [9.17, 15) is 9.59 Å². The van der Waals surface area contributed by atoms with E-state index in [2.05, 4.69) is 25.8 Å². The normalized spacial score (nSPS) is 20.9. The van der Waals surface area contributed by atoms with Crippen LogP contribution in [0.4, 0.5) is 5.82 Å². The topological polar surface area (TPSA) is 70.5 Å². The molecular formula is C14H15BrN2O3. The molecule has 5 nitrogen and oxygen atoms in total. The van der Waals surface area contributed by atoms with Crippen molar-refractivity contribution in [2.45, 2.75) is 25.7 Å². The van der Waals surface area contributed by atoms with Crippen LogP contribution in [0.25, 0.3) is 0 Å². The number of hydrogen-bond donors (Lipinski definition) is 1. The molecule has 2 heterocycles. The average molecular weight is 339 g/mol. The van der Waals surface area contributed by atoms with Gasteiger partial charge >= 0.3 is 5.97 Å². The van der Waals surface area contributed by atoms with Crippen molar-refractivity contribution in [2.24, 2.45) is 5.41 Å². The Kier molecular flexibility index (Phi) is 3.28. The molecule has 1 aliphatic carbocycles. The molecule has 1 saturated heterocycles. The molecule has 1 saturated carbocycles. The standard InChI is InChI=1S/C14H15BrN2O3/c15-11-5-12(16-8-10(11)13(19)20)17-3-1-14(2-4-17)6-9(18)7-14/h5,8H,1-4,6-7H2,(H,19,20). The Morgan fingerprint density at radius 2 is 2.00 bits per heavy atom. The highest BCUT2D eigenvalue weighted by molar-refractivity contribution is 9.10. The molecule has 1 aromatic heterocycles. The minimum absolute atomic E-state index is 0.173. The quantitative estimate of drug-likeness (QED) is 0.896. The van der Waals surface area contributed by atoms with E-state index in [0.717, 1.165) is 44.6 Å². The van der Waals surface area contributed by atoms with Crippen LogP contribution < -0.4 is 4.90 Å². The van der Waals surface area contributed by atoms with Crippen LogP contribution in [-0.4, -0.2) is 34.9 Å².